The van der Waals surface area contributed by atoms with E-state index in [2.05, 4.69) is 10.4 Å². The van der Waals surface area contributed by atoms with Gasteiger partial charge in [0, 0.05) is 6.92 Å². The average molecular weight is 569 g/mol. The van der Waals surface area contributed by atoms with Gasteiger partial charge in [-0.1, -0.05) is 30.3 Å². The van der Waals surface area contributed by atoms with Crippen LogP contribution >= 0.6 is 7.75 Å². The summed E-state index contributed by atoms with van der Waals surface area (Å²) >= 11 is 0. The average Bonchev–Trinajstić information content (AvgIpc) is 2.91. The number of carbonyl (C=O) groups excluding carboxylic acids is 2. The van der Waals surface area contributed by atoms with Crippen molar-refractivity contribution in [3.63, 3.8) is 0 Å². The minimum Gasteiger partial charge on any atom is -0.497 e. The molecule has 214 valence electrons. The number of nitrogens with one attached hydrogen (secondary N) is 2. The maximum Gasteiger partial charge on any atom is 0.459 e. The molecule has 0 radical (unpaired) electrons. The monoisotopic (exact) mass is 568 g/mol. The van der Waals surface area contributed by atoms with Gasteiger partial charge >= 0.3 is 13.7 Å². The van der Waals surface area contributed by atoms with Crippen LogP contribution in [-0.4, -0.2) is 77.6 Å². The van der Waals surface area contributed by atoms with Crippen LogP contribution in [0.15, 0.2) is 54.6 Å². The molecule has 39 heavy (non-hydrogen) atoms. The highest BCUT2D eigenvalue weighted by atomic mass is 31.2. The van der Waals surface area contributed by atoms with Crippen molar-refractivity contribution in [3.8, 4) is 11.5 Å². The van der Waals surface area contributed by atoms with Crippen LogP contribution in [0.25, 0.3) is 0 Å². The number of benzene rings is 2. The van der Waals surface area contributed by atoms with Gasteiger partial charge in [-0.15, -0.1) is 0 Å². The molecular weight excluding hydrogens is 535 g/mol. The third-order valence-electron chi connectivity index (χ3n) is 5.72. The second kappa shape index (κ2) is 13.9. The molecule has 1 aliphatic rings. The molecular formula is C25H33N2O11P. The van der Waals surface area contributed by atoms with Crippen molar-refractivity contribution in [2.45, 2.75) is 57.1 Å². The van der Waals surface area contributed by atoms with E-state index in [1.54, 1.807) is 24.3 Å². The number of esters is 1. The van der Waals surface area contributed by atoms with Crippen LogP contribution in [0.5, 0.6) is 11.5 Å². The smallest absolute Gasteiger partial charge is 0.459 e. The second-order valence-electron chi connectivity index (χ2n) is 8.74. The lowest BCUT2D eigenvalue weighted by Crippen LogP contribution is -2.64. The number of methoxy groups -OCH3 is 1. The molecule has 2 aromatic carbocycles. The van der Waals surface area contributed by atoms with Crippen molar-refractivity contribution in [1.82, 2.24) is 10.4 Å². The van der Waals surface area contributed by atoms with Crippen LogP contribution in [0.4, 0.5) is 0 Å². The largest absolute Gasteiger partial charge is 0.497 e. The van der Waals surface area contributed by atoms with E-state index in [0.717, 1.165) is 12.5 Å². The molecule has 3 rings (SSSR count). The molecule has 14 heteroatoms. The lowest BCUT2D eigenvalue weighted by Gasteiger charge is -2.43. The van der Waals surface area contributed by atoms with Gasteiger partial charge in [0.1, 0.15) is 48.5 Å². The van der Waals surface area contributed by atoms with Crippen molar-refractivity contribution in [2.75, 3.05) is 13.7 Å². The quantitative estimate of drug-likeness (QED) is 0.180. The Bertz CT molecular complexity index is 1130. The first-order valence-corrected chi connectivity index (χ1v) is 13.6. The van der Waals surface area contributed by atoms with Gasteiger partial charge in [0.05, 0.1) is 13.7 Å². The molecule has 1 heterocycles. The molecule has 0 aromatic heterocycles. The van der Waals surface area contributed by atoms with Crippen molar-refractivity contribution in [1.29, 1.82) is 0 Å². The molecule has 0 spiro atoms. The summed E-state index contributed by atoms with van der Waals surface area (Å²) in [4.78, 5) is 24.5. The zero-order chi connectivity index (χ0) is 28.6. The van der Waals surface area contributed by atoms with E-state index in [0.29, 0.717) is 5.75 Å². The summed E-state index contributed by atoms with van der Waals surface area (Å²) in [5.74, 6) is -0.848. The molecule has 0 bridgehead atoms. The Labute approximate surface area is 225 Å². The molecule has 7 atom stereocenters. The normalized spacial score (nSPS) is 25.1. The molecule has 1 amide bonds. The van der Waals surface area contributed by atoms with E-state index in [4.69, 9.17) is 23.3 Å². The third-order valence-corrected chi connectivity index (χ3v) is 7.39. The van der Waals surface area contributed by atoms with Gasteiger partial charge in [-0.05, 0) is 36.8 Å². The van der Waals surface area contributed by atoms with Gasteiger partial charge in [0.15, 0.2) is 6.29 Å². The Morgan fingerprint density at radius 2 is 1.72 bits per heavy atom. The van der Waals surface area contributed by atoms with Gasteiger partial charge in [-0.3, -0.25) is 14.1 Å². The molecule has 1 saturated heterocycles. The van der Waals surface area contributed by atoms with Crippen molar-refractivity contribution < 1.29 is 52.7 Å². The highest BCUT2D eigenvalue weighted by Gasteiger charge is 2.50. The summed E-state index contributed by atoms with van der Waals surface area (Å²) in [6, 6.07) is 12.2. The van der Waals surface area contributed by atoms with E-state index < -0.39 is 62.9 Å². The highest BCUT2D eigenvalue weighted by molar-refractivity contribution is 7.52. The van der Waals surface area contributed by atoms with E-state index >= 15 is 0 Å². The molecule has 1 fully saturated rings. The van der Waals surface area contributed by atoms with Crippen LogP contribution < -0.4 is 19.7 Å². The highest BCUT2D eigenvalue weighted by Crippen LogP contribution is 2.48. The molecule has 13 nitrogen and oxygen atoms in total. The Balaban J connectivity index is 1.86. The minimum atomic E-state index is -4.57. The van der Waals surface area contributed by atoms with Gasteiger partial charge in [-0.2, -0.15) is 5.09 Å². The maximum absolute atomic E-state index is 14.1. The van der Waals surface area contributed by atoms with Crippen molar-refractivity contribution in [3.05, 3.63) is 60.2 Å². The Morgan fingerprint density at radius 3 is 2.31 bits per heavy atom. The van der Waals surface area contributed by atoms with E-state index in [9.17, 15) is 29.5 Å². The number of ether oxygens (including phenoxy) is 3. The second-order valence-corrected chi connectivity index (χ2v) is 10.4. The van der Waals surface area contributed by atoms with Gasteiger partial charge in [-0.25, -0.2) is 4.57 Å². The van der Waals surface area contributed by atoms with Crippen LogP contribution in [0.3, 0.4) is 0 Å². The minimum absolute atomic E-state index is 0.0379. The van der Waals surface area contributed by atoms with Crippen LogP contribution in [-0.2, 0) is 34.8 Å². The molecule has 0 aliphatic carbocycles. The zero-order valence-electron chi connectivity index (χ0n) is 21.6. The molecule has 2 aromatic rings. The van der Waals surface area contributed by atoms with E-state index in [1.165, 1.54) is 38.3 Å². The molecule has 5 N–H and O–H groups in total. The molecule has 0 saturated carbocycles. The van der Waals surface area contributed by atoms with E-state index in [1.807, 2.05) is 6.07 Å². The fourth-order valence-electron chi connectivity index (χ4n) is 3.76. The summed E-state index contributed by atoms with van der Waals surface area (Å²) in [6.07, 6.45) is -6.33. The Morgan fingerprint density at radius 1 is 1.08 bits per heavy atom. The van der Waals surface area contributed by atoms with Gasteiger partial charge < -0.3 is 39.4 Å². The first-order valence-electron chi connectivity index (χ1n) is 12.0. The first kappa shape index (κ1) is 30.5. The first-order chi connectivity index (χ1) is 18.5. The fourth-order valence-corrected chi connectivity index (χ4v) is 5.47. The lowest BCUT2D eigenvalue weighted by atomic mass is 9.97. The van der Waals surface area contributed by atoms with Crippen LogP contribution in [0, 0.1) is 0 Å². The summed E-state index contributed by atoms with van der Waals surface area (Å²) in [5, 5.41) is 35.7. The Kier molecular flexibility index (Phi) is 10.8. The predicted molar refractivity (Wildman–Crippen MR) is 137 cm³/mol. The summed E-state index contributed by atoms with van der Waals surface area (Å²) in [7, 11) is -3.11. The molecule has 1 aliphatic heterocycles. The number of hydrogen-bond acceptors (Lipinski definition) is 11. The number of aliphatic hydroxyl groups is 3. The summed E-state index contributed by atoms with van der Waals surface area (Å²) in [5.41, 5.74) is 0.736. The maximum atomic E-state index is 14.1. The summed E-state index contributed by atoms with van der Waals surface area (Å²) < 4.78 is 41.0. The van der Waals surface area contributed by atoms with Gasteiger partial charge in [0.2, 0.25) is 5.91 Å². The van der Waals surface area contributed by atoms with Crippen LogP contribution in [0.2, 0.25) is 0 Å². The predicted octanol–water partition coefficient (Wildman–Crippen LogP) is 0.864. The number of amides is 1. The summed E-state index contributed by atoms with van der Waals surface area (Å²) in [6.45, 7) is 1.77. The number of rotatable bonds is 12. The SMILES string of the molecule is COc1ccc(OP(=O)(N[C@@H](C)C(=O)OCc2ccccc2)O[C@H]2[C@H](O)[C@@H](CO)OC(O)[C@@H]2NC(C)=O)cc1. The number of aliphatic hydroxyl groups excluding tert-OH is 3. The van der Waals surface area contributed by atoms with E-state index in [-0.39, 0.29) is 12.4 Å². The fraction of sp³-hybridized carbons (Fsp3) is 0.440. The third kappa shape index (κ3) is 8.48. The molecule has 2 unspecified atom stereocenters. The van der Waals surface area contributed by atoms with Crippen molar-refractivity contribution in [2.24, 2.45) is 0 Å². The number of hydrogen-bond donors (Lipinski definition) is 5. The van der Waals surface area contributed by atoms with Crippen molar-refractivity contribution >= 4 is 19.6 Å². The number of carbonyl (C=O) groups is 2. The standard InChI is InChI=1S/C25H33N2O11P/c1-15(24(31)35-14-17-7-5-4-6-8-17)27-39(33,37-19-11-9-18(34-3)10-12-19)38-23-21(26-16(2)29)25(32)36-20(13-28)22(23)30/h4-12,15,20-23,25,28,30,32H,13-14H2,1-3H3,(H,26,29)(H,27,33)/t15-,20+,21+,22+,23+,25?,39?/m0/s1. The van der Waals surface area contributed by atoms with Crippen LogP contribution in [0.1, 0.15) is 19.4 Å². The van der Waals surface area contributed by atoms with Gasteiger partial charge in [0.25, 0.3) is 0 Å². The topological polar surface area (TPSA) is 182 Å². The Hall–Kier alpha value is -3.03. The lowest BCUT2D eigenvalue weighted by molar-refractivity contribution is -0.250. The zero-order valence-corrected chi connectivity index (χ0v) is 22.5.